The molecule has 2 heterocycles. The number of rotatable bonds is 1. The Morgan fingerprint density at radius 2 is 2.37 bits per heavy atom. The Hall–Kier alpha value is -1.38. The molecule has 19 heavy (non-hydrogen) atoms. The molecular weight excluding hydrogens is 260 g/mol. The zero-order chi connectivity index (χ0) is 13.5. The normalized spacial score (nSPS) is 24.8. The van der Waals surface area contributed by atoms with E-state index < -0.39 is 0 Å². The smallest absolute Gasteiger partial charge is 0.264 e. The van der Waals surface area contributed by atoms with E-state index >= 15 is 0 Å². The zero-order valence-corrected chi connectivity index (χ0v) is 11.7. The summed E-state index contributed by atoms with van der Waals surface area (Å²) in [6.07, 6.45) is 3.38. The number of nitrogens with zero attached hydrogens (tertiary/aromatic N) is 2. The predicted octanol–water partition coefficient (Wildman–Crippen LogP) is 2.40. The maximum Gasteiger partial charge on any atom is 0.264 e. The summed E-state index contributed by atoms with van der Waals surface area (Å²) in [6.45, 7) is 3.35. The Morgan fingerprint density at radius 3 is 2.95 bits per heavy atom. The first-order chi connectivity index (χ1) is 9.12. The Morgan fingerprint density at radius 1 is 1.58 bits per heavy atom. The summed E-state index contributed by atoms with van der Waals surface area (Å²) >= 11 is 1.27. The Bertz CT molecular complexity index is 542. The molecule has 0 radical (unpaired) electrons. The lowest BCUT2D eigenvalue weighted by Gasteiger charge is -2.50. The summed E-state index contributed by atoms with van der Waals surface area (Å²) in [6, 6.07) is 5.53. The van der Waals surface area contributed by atoms with Gasteiger partial charge in [-0.1, -0.05) is 0 Å². The average molecular weight is 276 g/mol. The molecule has 2 fully saturated rings. The molecule has 1 atom stereocenters. The molecule has 2 aliphatic rings. The van der Waals surface area contributed by atoms with Gasteiger partial charge in [-0.05, 0) is 38.3 Å². The number of nitriles is 1. The fourth-order valence-electron chi connectivity index (χ4n) is 2.89. The molecule has 3 rings (SSSR count). The molecule has 1 amide bonds. The van der Waals surface area contributed by atoms with Gasteiger partial charge < -0.3 is 9.64 Å². The first kappa shape index (κ1) is 12.6. The fraction of sp³-hybridized carbons (Fsp3) is 0.571. The summed E-state index contributed by atoms with van der Waals surface area (Å²) in [7, 11) is 0. The van der Waals surface area contributed by atoms with E-state index in [2.05, 4.69) is 6.07 Å². The van der Waals surface area contributed by atoms with Gasteiger partial charge in [0.25, 0.3) is 5.91 Å². The van der Waals surface area contributed by atoms with Gasteiger partial charge in [0.1, 0.15) is 10.9 Å². The highest BCUT2D eigenvalue weighted by Gasteiger charge is 2.45. The molecule has 1 aromatic rings. The number of carbonyl (C=O) groups is 1. The van der Waals surface area contributed by atoms with Crippen molar-refractivity contribution in [2.24, 2.45) is 0 Å². The monoisotopic (exact) mass is 276 g/mol. The third-order valence-electron chi connectivity index (χ3n) is 3.89. The maximum atomic E-state index is 12.5. The first-order valence-corrected chi connectivity index (χ1v) is 7.41. The summed E-state index contributed by atoms with van der Waals surface area (Å²) in [5.74, 6) is 0.0351. The van der Waals surface area contributed by atoms with E-state index in [-0.39, 0.29) is 17.6 Å². The van der Waals surface area contributed by atoms with Gasteiger partial charge in [0.05, 0.1) is 23.1 Å². The minimum Gasteiger partial charge on any atom is -0.368 e. The molecule has 1 aliphatic heterocycles. The number of carbonyl (C=O) groups excluding carboxylic acids is 1. The van der Waals surface area contributed by atoms with E-state index in [0.717, 1.165) is 12.8 Å². The third-order valence-corrected chi connectivity index (χ3v) is 4.86. The van der Waals surface area contributed by atoms with Crippen LogP contribution in [-0.4, -0.2) is 35.6 Å². The number of morpholine rings is 1. The zero-order valence-electron chi connectivity index (χ0n) is 10.9. The second-order valence-electron chi connectivity index (χ2n) is 5.43. The van der Waals surface area contributed by atoms with Gasteiger partial charge in [-0.3, -0.25) is 4.79 Å². The number of hydrogen-bond acceptors (Lipinski definition) is 4. The summed E-state index contributed by atoms with van der Waals surface area (Å²) in [5.41, 5.74) is -0.0946. The van der Waals surface area contributed by atoms with Gasteiger partial charge in [0.15, 0.2) is 0 Å². The molecule has 1 saturated carbocycles. The average Bonchev–Trinajstić information content (AvgIpc) is 2.84. The Kier molecular flexibility index (Phi) is 3.08. The van der Waals surface area contributed by atoms with Crippen molar-refractivity contribution in [3.8, 4) is 6.07 Å². The Labute approximate surface area is 116 Å². The molecule has 0 aromatic carbocycles. The summed E-state index contributed by atoms with van der Waals surface area (Å²) in [4.78, 5) is 15.6. The SMILES string of the molecule is CC1CN(C(=O)c2ccc(C#N)s2)CC2(CCC2)O1. The lowest BCUT2D eigenvalue weighted by molar-refractivity contribution is -0.176. The highest BCUT2D eigenvalue weighted by Crippen LogP contribution is 2.40. The minimum absolute atomic E-state index is 0.0351. The number of thiophene rings is 1. The number of ether oxygens (including phenoxy) is 1. The van der Waals surface area contributed by atoms with E-state index in [4.69, 9.17) is 10.00 Å². The van der Waals surface area contributed by atoms with Gasteiger partial charge in [-0.2, -0.15) is 5.26 Å². The van der Waals surface area contributed by atoms with E-state index in [1.54, 1.807) is 12.1 Å². The molecule has 1 unspecified atom stereocenters. The van der Waals surface area contributed by atoms with Crippen molar-refractivity contribution in [1.82, 2.24) is 4.90 Å². The quantitative estimate of drug-likeness (QED) is 0.791. The molecule has 4 nitrogen and oxygen atoms in total. The lowest BCUT2D eigenvalue weighted by atomic mass is 9.78. The lowest BCUT2D eigenvalue weighted by Crippen LogP contribution is -2.59. The molecule has 1 aliphatic carbocycles. The van der Waals surface area contributed by atoms with Crippen LogP contribution in [-0.2, 0) is 4.74 Å². The molecule has 5 heteroatoms. The van der Waals surface area contributed by atoms with Gasteiger partial charge in [0, 0.05) is 6.54 Å². The van der Waals surface area contributed by atoms with Crippen LogP contribution in [0, 0.1) is 11.3 Å². The summed E-state index contributed by atoms with van der Waals surface area (Å²) < 4.78 is 6.01. The van der Waals surface area contributed by atoms with E-state index in [0.29, 0.717) is 22.8 Å². The molecule has 0 N–H and O–H groups in total. The second kappa shape index (κ2) is 4.62. The van der Waals surface area contributed by atoms with Gasteiger partial charge in [-0.15, -0.1) is 11.3 Å². The number of amides is 1. The molecule has 1 aromatic heterocycles. The van der Waals surface area contributed by atoms with Crippen molar-refractivity contribution in [2.45, 2.75) is 37.9 Å². The second-order valence-corrected chi connectivity index (χ2v) is 6.51. The molecule has 1 spiro atoms. The highest BCUT2D eigenvalue weighted by molar-refractivity contribution is 7.14. The van der Waals surface area contributed by atoms with Crippen LogP contribution in [0.4, 0.5) is 0 Å². The van der Waals surface area contributed by atoms with Gasteiger partial charge in [-0.25, -0.2) is 0 Å². The molecule has 100 valence electrons. The van der Waals surface area contributed by atoms with E-state index in [1.165, 1.54) is 17.8 Å². The van der Waals surface area contributed by atoms with Crippen molar-refractivity contribution in [3.63, 3.8) is 0 Å². The van der Waals surface area contributed by atoms with Crippen LogP contribution in [0.25, 0.3) is 0 Å². The van der Waals surface area contributed by atoms with Crippen LogP contribution in [0.2, 0.25) is 0 Å². The predicted molar refractivity (Wildman–Crippen MR) is 72.1 cm³/mol. The molecule has 0 bridgehead atoms. The fourth-order valence-corrected chi connectivity index (χ4v) is 3.67. The minimum atomic E-state index is -0.0946. The molecule has 1 saturated heterocycles. The van der Waals surface area contributed by atoms with Crippen LogP contribution in [0.5, 0.6) is 0 Å². The number of hydrogen-bond donors (Lipinski definition) is 0. The van der Waals surface area contributed by atoms with Crippen molar-refractivity contribution in [1.29, 1.82) is 5.26 Å². The third kappa shape index (κ3) is 2.26. The van der Waals surface area contributed by atoms with Crippen LogP contribution in [0.15, 0.2) is 12.1 Å². The van der Waals surface area contributed by atoms with Crippen molar-refractivity contribution in [3.05, 3.63) is 21.9 Å². The standard InChI is InChI=1S/C14H16N2O2S/c1-10-8-16(9-14(18-10)5-2-6-14)13(17)12-4-3-11(7-15)19-12/h3-4,10H,2,5-6,8-9H2,1H3. The van der Waals surface area contributed by atoms with Gasteiger partial charge >= 0.3 is 0 Å². The Balaban J connectivity index is 1.77. The van der Waals surface area contributed by atoms with Crippen molar-refractivity contribution >= 4 is 17.2 Å². The van der Waals surface area contributed by atoms with Crippen LogP contribution >= 0.6 is 11.3 Å². The van der Waals surface area contributed by atoms with Crippen LogP contribution in [0.3, 0.4) is 0 Å². The largest absolute Gasteiger partial charge is 0.368 e. The maximum absolute atomic E-state index is 12.5. The van der Waals surface area contributed by atoms with Crippen molar-refractivity contribution < 1.29 is 9.53 Å². The van der Waals surface area contributed by atoms with Gasteiger partial charge in [0.2, 0.25) is 0 Å². The topological polar surface area (TPSA) is 53.3 Å². The van der Waals surface area contributed by atoms with E-state index in [9.17, 15) is 4.79 Å². The van der Waals surface area contributed by atoms with E-state index in [1.807, 2.05) is 11.8 Å². The van der Waals surface area contributed by atoms with Crippen molar-refractivity contribution in [2.75, 3.05) is 13.1 Å². The molecular formula is C14H16N2O2S. The van der Waals surface area contributed by atoms with Crippen LogP contribution in [0.1, 0.15) is 40.7 Å². The highest BCUT2D eigenvalue weighted by atomic mass is 32.1. The summed E-state index contributed by atoms with van der Waals surface area (Å²) in [5, 5.41) is 8.83. The van der Waals surface area contributed by atoms with Crippen LogP contribution < -0.4 is 0 Å². The first-order valence-electron chi connectivity index (χ1n) is 6.59.